The van der Waals surface area contributed by atoms with Gasteiger partial charge in [-0.25, -0.2) is 4.98 Å². The summed E-state index contributed by atoms with van der Waals surface area (Å²) in [6.45, 7) is 5.19. The lowest BCUT2D eigenvalue weighted by molar-refractivity contribution is 0.0772. The third kappa shape index (κ3) is 4.23. The Morgan fingerprint density at radius 3 is 2.41 bits per heavy atom. The highest BCUT2D eigenvalue weighted by molar-refractivity contribution is 6.05. The normalized spacial score (nSPS) is 10.4. The van der Waals surface area contributed by atoms with E-state index in [2.05, 4.69) is 10.3 Å². The molecule has 2 amide bonds. The fraction of sp³-hybridized carbons (Fsp3) is 0.190. The minimum Gasteiger partial charge on any atom is -0.339 e. The number of aromatic nitrogens is 2. The van der Waals surface area contributed by atoms with Gasteiger partial charge in [0.2, 0.25) is 0 Å². The SMILES string of the molecule is CCN(CC)C(=O)c1cccc(NC(=O)c2ccc(-n3ccnc3)cc2)c1. The van der Waals surface area contributed by atoms with Crippen molar-refractivity contribution < 1.29 is 9.59 Å². The molecule has 138 valence electrons. The molecule has 3 aromatic rings. The van der Waals surface area contributed by atoms with Crippen molar-refractivity contribution in [2.24, 2.45) is 0 Å². The summed E-state index contributed by atoms with van der Waals surface area (Å²) >= 11 is 0. The number of anilines is 1. The number of amides is 2. The molecule has 3 rings (SSSR count). The molecule has 0 aliphatic heterocycles. The number of nitrogens with one attached hydrogen (secondary N) is 1. The van der Waals surface area contributed by atoms with Gasteiger partial charge in [0.05, 0.1) is 6.33 Å². The predicted octanol–water partition coefficient (Wildman–Crippen LogP) is 3.61. The number of nitrogens with zero attached hydrogens (tertiary/aromatic N) is 3. The smallest absolute Gasteiger partial charge is 0.255 e. The number of carbonyl (C=O) groups is 2. The highest BCUT2D eigenvalue weighted by Crippen LogP contribution is 2.15. The van der Waals surface area contributed by atoms with Gasteiger partial charge in [0.25, 0.3) is 11.8 Å². The maximum Gasteiger partial charge on any atom is 0.255 e. The summed E-state index contributed by atoms with van der Waals surface area (Å²) in [5.74, 6) is -0.264. The van der Waals surface area contributed by atoms with Crippen LogP contribution in [0.1, 0.15) is 34.6 Å². The van der Waals surface area contributed by atoms with Crippen LogP contribution in [0.4, 0.5) is 5.69 Å². The van der Waals surface area contributed by atoms with Crippen molar-refractivity contribution in [2.45, 2.75) is 13.8 Å². The Labute approximate surface area is 158 Å². The van der Waals surface area contributed by atoms with E-state index in [0.717, 1.165) is 5.69 Å². The Hall–Kier alpha value is -3.41. The lowest BCUT2D eigenvalue weighted by atomic mass is 10.1. The molecule has 0 spiro atoms. The highest BCUT2D eigenvalue weighted by atomic mass is 16.2. The molecule has 1 heterocycles. The van der Waals surface area contributed by atoms with E-state index in [-0.39, 0.29) is 11.8 Å². The predicted molar refractivity (Wildman–Crippen MR) is 105 cm³/mol. The van der Waals surface area contributed by atoms with E-state index in [4.69, 9.17) is 0 Å². The molecular weight excluding hydrogens is 340 g/mol. The van der Waals surface area contributed by atoms with Crippen LogP contribution in [-0.2, 0) is 0 Å². The third-order valence-electron chi connectivity index (χ3n) is 4.35. The molecule has 0 unspecified atom stereocenters. The van der Waals surface area contributed by atoms with Crippen LogP contribution in [0.3, 0.4) is 0 Å². The van der Waals surface area contributed by atoms with Crippen LogP contribution >= 0.6 is 0 Å². The Kier molecular flexibility index (Phi) is 5.66. The summed E-state index contributed by atoms with van der Waals surface area (Å²) < 4.78 is 1.87. The minimum absolute atomic E-state index is 0.0409. The van der Waals surface area contributed by atoms with Crippen molar-refractivity contribution in [1.29, 1.82) is 0 Å². The molecular formula is C21H22N4O2. The van der Waals surface area contributed by atoms with E-state index >= 15 is 0 Å². The van der Waals surface area contributed by atoms with Crippen LogP contribution in [0, 0.1) is 0 Å². The summed E-state index contributed by atoms with van der Waals surface area (Å²) in [5, 5.41) is 2.85. The van der Waals surface area contributed by atoms with Crippen molar-refractivity contribution in [3.63, 3.8) is 0 Å². The number of hydrogen-bond donors (Lipinski definition) is 1. The molecule has 1 aromatic heterocycles. The topological polar surface area (TPSA) is 67.2 Å². The van der Waals surface area contributed by atoms with Gasteiger partial charge in [-0.2, -0.15) is 0 Å². The molecule has 0 saturated carbocycles. The van der Waals surface area contributed by atoms with Crippen LogP contribution in [0.15, 0.2) is 67.3 Å². The number of carbonyl (C=O) groups excluding carboxylic acids is 2. The van der Waals surface area contributed by atoms with Gasteiger partial charge in [-0.3, -0.25) is 9.59 Å². The Morgan fingerprint density at radius 2 is 1.78 bits per heavy atom. The molecule has 27 heavy (non-hydrogen) atoms. The minimum atomic E-state index is -0.223. The molecule has 0 atom stereocenters. The van der Waals surface area contributed by atoms with Crippen molar-refractivity contribution >= 4 is 17.5 Å². The molecule has 1 N–H and O–H groups in total. The monoisotopic (exact) mass is 362 g/mol. The van der Waals surface area contributed by atoms with Crippen LogP contribution in [0.25, 0.3) is 5.69 Å². The summed E-state index contributed by atoms with van der Waals surface area (Å²) in [4.78, 5) is 30.7. The zero-order valence-electron chi connectivity index (χ0n) is 15.4. The molecule has 6 heteroatoms. The van der Waals surface area contributed by atoms with Crippen LogP contribution in [0.5, 0.6) is 0 Å². The molecule has 0 bridgehead atoms. The zero-order valence-corrected chi connectivity index (χ0v) is 15.4. The average molecular weight is 362 g/mol. The van der Waals surface area contributed by atoms with Gasteiger partial charge in [0, 0.05) is 48.0 Å². The average Bonchev–Trinajstić information content (AvgIpc) is 3.24. The van der Waals surface area contributed by atoms with Crippen molar-refractivity contribution in [3.8, 4) is 5.69 Å². The third-order valence-corrected chi connectivity index (χ3v) is 4.35. The van der Waals surface area contributed by atoms with Gasteiger partial charge in [0.1, 0.15) is 0 Å². The number of benzene rings is 2. The van der Waals surface area contributed by atoms with Crippen molar-refractivity contribution in [1.82, 2.24) is 14.5 Å². The van der Waals surface area contributed by atoms with Crippen molar-refractivity contribution in [2.75, 3.05) is 18.4 Å². The molecule has 0 aliphatic carbocycles. The van der Waals surface area contributed by atoms with Gasteiger partial charge < -0.3 is 14.8 Å². The van der Waals surface area contributed by atoms with Crippen LogP contribution in [-0.4, -0.2) is 39.4 Å². The largest absolute Gasteiger partial charge is 0.339 e. The molecule has 0 aliphatic rings. The standard InChI is InChI=1S/C21H22N4O2/c1-3-24(4-2)21(27)17-6-5-7-18(14-17)23-20(26)16-8-10-19(11-9-16)25-13-12-22-15-25/h5-15H,3-4H2,1-2H3,(H,23,26). The molecule has 2 aromatic carbocycles. The van der Waals surface area contributed by atoms with Crippen molar-refractivity contribution in [3.05, 3.63) is 78.4 Å². The summed E-state index contributed by atoms with van der Waals surface area (Å²) in [5.41, 5.74) is 2.62. The van der Waals surface area contributed by atoms with Gasteiger partial charge in [-0.1, -0.05) is 6.07 Å². The maximum absolute atomic E-state index is 12.5. The second-order valence-corrected chi connectivity index (χ2v) is 6.03. The fourth-order valence-electron chi connectivity index (χ4n) is 2.82. The number of rotatable bonds is 6. The Bertz CT molecular complexity index is 914. The second-order valence-electron chi connectivity index (χ2n) is 6.03. The van der Waals surface area contributed by atoms with E-state index < -0.39 is 0 Å². The lowest BCUT2D eigenvalue weighted by Gasteiger charge is -2.19. The summed E-state index contributed by atoms with van der Waals surface area (Å²) in [6, 6.07) is 14.2. The lowest BCUT2D eigenvalue weighted by Crippen LogP contribution is -2.30. The van der Waals surface area contributed by atoms with E-state index in [1.807, 2.05) is 36.7 Å². The van der Waals surface area contributed by atoms with Gasteiger partial charge in [0.15, 0.2) is 0 Å². The summed E-state index contributed by atoms with van der Waals surface area (Å²) in [6.07, 6.45) is 5.24. The van der Waals surface area contributed by atoms with Gasteiger partial charge in [-0.05, 0) is 56.3 Å². The first-order valence-electron chi connectivity index (χ1n) is 8.91. The van der Waals surface area contributed by atoms with Gasteiger partial charge in [-0.15, -0.1) is 0 Å². The fourth-order valence-corrected chi connectivity index (χ4v) is 2.82. The Balaban J connectivity index is 1.72. The quantitative estimate of drug-likeness (QED) is 0.728. The van der Waals surface area contributed by atoms with Crippen LogP contribution in [0.2, 0.25) is 0 Å². The molecule has 0 radical (unpaired) electrons. The number of hydrogen-bond acceptors (Lipinski definition) is 3. The first kappa shape index (κ1) is 18.4. The summed E-state index contributed by atoms with van der Waals surface area (Å²) in [7, 11) is 0. The highest BCUT2D eigenvalue weighted by Gasteiger charge is 2.13. The molecule has 0 saturated heterocycles. The molecule has 0 fully saturated rings. The van der Waals surface area contributed by atoms with Gasteiger partial charge >= 0.3 is 0 Å². The van der Waals surface area contributed by atoms with E-state index in [9.17, 15) is 9.59 Å². The van der Waals surface area contributed by atoms with E-state index in [1.165, 1.54) is 0 Å². The van der Waals surface area contributed by atoms with E-state index in [1.54, 1.807) is 53.8 Å². The molecule has 6 nitrogen and oxygen atoms in total. The van der Waals surface area contributed by atoms with E-state index in [0.29, 0.717) is 29.9 Å². The zero-order chi connectivity index (χ0) is 19.2. The Morgan fingerprint density at radius 1 is 1.04 bits per heavy atom. The second kappa shape index (κ2) is 8.31. The maximum atomic E-state index is 12.5. The number of imidazole rings is 1. The first-order chi connectivity index (χ1) is 13.1. The van der Waals surface area contributed by atoms with Crippen LogP contribution < -0.4 is 5.32 Å². The first-order valence-corrected chi connectivity index (χ1v) is 8.91.